The van der Waals surface area contributed by atoms with Crippen molar-refractivity contribution in [3.8, 4) is 6.07 Å². The highest BCUT2D eigenvalue weighted by Gasteiger charge is 2.45. The topological polar surface area (TPSA) is 98.2 Å². The molecule has 0 radical (unpaired) electrons. The summed E-state index contributed by atoms with van der Waals surface area (Å²) in [6, 6.07) is 6.93. The first-order chi connectivity index (χ1) is 14.4. The summed E-state index contributed by atoms with van der Waals surface area (Å²) in [6.07, 6.45) is -5.51. The van der Waals surface area contributed by atoms with Crippen molar-refractivity contribution in [1.29, 1.82) is 5.26 Å². The van der Waals surface area contributed by atoms with E-state index in [2.05, 4.69) is 10.3 Å². The maximum Gasteiger partial charge on any atom is 0.407 e. The van der Waals surface area contributed by atoms with E-state index in [4.69, 9.17) is 4.74 Å². The zero-order valence-electron chi connectivity index (χ0n) is 17.3. The summed E-state index contributed by atoms with van der Waals surface area (Å²) in [5.41, 5.74) is -0.285. The first-order valence-corrected chi connectivity index (χ1v) is 9.74. The third-order valence-electron chi connectivity index (χ3n) is 4.97. The van der Waals surface area contributed by atoms with Crippen LogP contribution in [0.2, 0.25) is 0 Å². The van der Waals surface area contributed by atoms with E-state index in [-0.39, 0.29) is 30.6 Å². The van der Waals surface area contributed by atoms with Crippen LogP contribution in [0, 0.1) is 17.2 Å². The first kappa shape index (κ1) is 22.5. The van der Waals surface area contributed by atoms with Gasteiger partial charge in [0.1, 0.15) is 11.7 Å². The normalized spacial score (nSPS) is 19.7. The number of nitriles is 1. The van der Waals surface area contributed by atoms with Gasteiger partial charge >= 0.3 is 12.3 Å². The lowest BCUT2D eigenvalue weighted by molar-refractivity contribution is -0.177. The quantitative estimate of drug-likeness (QED) is 0.748. The molecule has 1 saturated heterocycles. The molecule has 2 heterocycles. The molecule has 7 nitrogen and oxygen atoms in total. The van der Waals surface area contributed by atoms with Crippen molar-refractivity contribution in [3.05, 3.63) is 40.2 Å². The van der Waals surface area contributed by atoms with Gasteiger partial charge in [0, 0.05) is 30.2 Å². The van der Waals surface area contributed by atoms with Crippen LogP contribution in [0.15, 0.2) is 29.1 Å². The van der Waals surface area contributed by atoms with Crippen LogP contribution in [0.1, 0.15) is 32.8 Å². The third-order valence-corrected chi connectivity index (χ3v) is 4.97. The van der Waals surface area contributed by atoms with E-state index in [1.54, 1.807) is 26.8 Å². The lowest BCUT2D eigenvalue weighted by Gasteiger charge is -2.40. The molecule has 1 fully saturated rings. The zero-order valence-corrected chi connectivity index (χ0v) is 17.3. The summed E-state index contributed by atoms with van der Waals surface area (Å²) in [7, 11) is 0. The van der Waals surface area contributed by atoms with Crippen LogP contribution in [0.25, 0.3) is 10.9 Å². The standard InChI is InChI=1S/C21H23F3N4O3/c1-20(2,3)31-19(30)26-14-8-13(21(22,23)24)10-28(11-14)16-6-4-12(9-25)18-15(16)5-7-17(29)27-18/h4-7,13-14H,8,10-11H2,1-3H3,(H,26,30)(H,27,29)/t13-,14+/m0/s1. The van der Waals surface area contributed by atoms with Crippen LogP contribution < -0.4 is 15.8 Å². The maximum absolute atomic E-state index is 13.6. The summed E-state index contributed by atoms with van der Waals surface area (Å²) < 4.78 is 46.1. The SMILES string of the molecule is CC(C)(C)OC(=O)N[C@@H]1C[C@H](C(F)(F)F)CN(c2ccc(C#N)c3[nH]c(=O)ccc23)C1. The van der Waals surface area contributed by atoms with Crippen molar-refractivity contribution in [2.75, 3.05) is 18.0 Å². The molecule has 31 heavy (non-hydrogen) atoms. The van der Waals surface area contributed by atoms with Crippen molar-refractivity contribution >= 4 is 22.7 Å². The number of benzene rings is 1. The Balaban J connectivity index is 1.97. The number of rotatable bonds is 2. The molecule has 0 spiro atoms. The fourth-order valence-corrected chi connectivity index (χ4v) is 3.72. The molecule has 0 saturated carbocycles. The molecule has 1 aromatic carbocycles. The number of aromatic amines is 1. The Morgan fingerprint density at radius 1 is 1.23 bits per heavy atom. The van der Waals surface area contributed by atoms with E-state index in [9.17, 15) is 28.0 Å². The molecule has 1 aromatic heterocycles. The van der Waals surface area contributed by atoms with E-state index in [1.165, 1.54) is 23.1 Å². The van der Waals surface area contributed by atoms with Gasteiger partial charge in [-0.3, -0.25) is 4.79 Å². The molecule has 10 heteroatoms. The summed E-state index contributed by atoms with van der Waals surface area (Å²) >= 11 is 0. The number of pyridine rings is 1. The van der Waals surface area contributed by atoms with Gasteiger partial charge in [-0.25, -0.2) is 4.79 Å². The molecule has 0 bridgehead atoms. The Morgan fingerprint density at radius 2 is 1.94 bits per heavy atom. The second-order valence-electron chi connectivity index (χ2n) is 8.58. The Bertz CT molecular complexity index is 1080. The lowest BCUT2D eigenvalue weighted by atomic mass is 9.92. The molecule has 2 aromatic rings. The van der Waals surface area contributed by atoms with Gasteiger partial charge in [0.05, 0.1) is 23.0 Å². The lowest BCUT2D eigenvalue weighted by Crippen LogP contribution is -2.54. The van der Waals surface area contributed by atoms with Gasteiger partial charge in [-0.1, -0.05) is 0 Å². The molecule has 1 aliphatic heterocycles. The molecule has 2 N–H and O–H groups in total. The van der Waals surface area contributed by atoms with Crippen LogP contribution in [0.3, 0.4) is 0 Å². The number of amides is 1. The fourth-order valence-electron chi connectivity index (χ4n) is 3.72. The van der Waals surface area contributed by atoms with Crippen molar-refractivity contribution in [2.24, 2.45) is 5.92 Å². The predicted octanol–water partition coefficient (Wildman–Crippen LogP) is 3.68. The Morgan fingerprint density at radius 3 is 2.55 bits per heavy atom. The number of hydrogen-bond donors (Lipinski definition) is 2. The number of hydrogen-bond acceptors (Lipinski definition) is 5. The second kappa shape index (κ2) is 8.13. The number of fused-ring (bicyclic) bond motifs is 1. The highest BCUT2D eigenvalue weighted by Crippen LogP contribution is 2.37. The Hall–Kier alpha value is -3.22. The largest absolute Gasteiger partial charge is 0.444 e. The molecule has 1 amide bonds. The van der Waals surface area contributed by atoms with Crippen LogP contribution >= 0.6 is 0 Å². The third kappa shape index (κ3) is 5.29. The number of carbonyl (C=O) groups excluding carboxylic acids is 1. The van der Waals surface area contributed by atoms with Gasteiger partial charge in [-0.05, 0) is 45.4 Å². The summed E-state index contributed by atoms with van der Waals surface area (Å²) in [6.45, 7) is 4.81. The number of piperidine rings is 1. The smallest absolute Gasteiger partial charge is 0.407 e. The second-order valence-corrected chi connectivity index (χ2v) is 8.58. The number of anilines is 1. The van der Waals surface area contributed by atoms with Crippen LogP contribution in [0.5, 0.6) is 0 Å². The molecule has 0 unspecified atom stereocenters. The highest BCUT2D eigenvalue weighted by atomic mass is 19.4. The Kier molecular flexibility index (Phi) is 5.89. The van der Waals surface area contributed by atoms with E-state index >= 15 is 0 Å². The zero-order chi connectivity index (χ0) is 23.0. The van der Waals surface area contributed by atoms with Crippen LogP contribution in [0.4, 0.5) is 23.7 Å². The van der Waals surface area contributed by atoms with Gasteiger partial charge in [-0.2, -0.15) is 18.4 Å². The molecule has 3 rings (SSSR count). The molecule has 1 aliphatic rings. The Labute approximate surface area is 176 Å². The number of ether oxygens (including phenoxy) is 1. The van der Waals surface area contributed by atoms with Gasteiger partial charge < -0.3 is 19.9 Å². The number of aromatic nitrogens is 1. The average molecular weight is 436 g/mol. The minimum atomic E-state index is -4.46. The van der Waals surface area contributed by atoms with E-state index in [0.717, 1.165) is 0 Å². The van der Waals surface area contributed by atoms with Gasteiger partial charge in [-0.15, -0.1) is 0 Å². The fraction of sp³-hybridized carbons (Fsp3) is 0.476. The van der Waals surface area contributed by atoms with E-state index in [0.29, 0.717) is 11.1 Å². The number of halogens is 3. The summed E-state index contributed by atoms with van der Waals surface area (Å²) in [4.78, 5) is 28.0. The summed E-state index contributed by atoms with van der Waals surface area (Å²) in [5.74, 6) is -1.67. The number of carbonyl (C=O) groups is 1. The molecule has 0 aliphatic carbocycles. The average Bonchev–Trinajstić information content (AvgIpc) is 2.64. The minimum absolute atomic E-state index is 0.117. The minimum Gasteiger partial charge on any atom is -0.444 e. The van der Waals surface area contributed by atoms with Gasteiger partial charge in [0.2, 0.25) is 5.56 Å². The molecule has 166 valence electrons. The summed E-state index contributed by atoms with van der Waals surface area (Å²) in [5, 5.41) is 12.3. The van der Waals surface area contributed by atoms with Gasteiger partial charge in [0.25, 0.3) is 0 Å². The van der Waals surface area contributed by atoms with Gasteiger partial charge in [0.15, 0.2) is 0 Å². The highest BCUT2D eigenvalue weighted by molar-refractivity contribution is 5.95. The maximum atomic E-state index is 13.6. The number of alkyl carbamates (subject to hydrolysis) is 1. The first-order valence-electron chi connectivity index (χ1n) is 9.74. The van der Waals surface area contributed by atoms with Crippen LogP contribution in [-0.4, -0.2) is 42.0 Å². The number of alkyl halides is 3. The van der Waals surface area contributed by atoms with E-state index in [1.807, 2.05) is 6.07 Å². The number of H-pyrrole nitrogens is 1. The predicted molar refractivity (Wildman–Crippen MR) is 109 cm³/mol. The van der Waals surface area contributed by atoms with Crippen LogP contribution in [-0.2, 0) is 4.74 Å². The molecular formula is C21H23F3N4O3. The van der Waals surface area contributed by atoms with Crippen molar-refractivity contribution in [3.63, 3.8) is 0 Å². The molecule has 2 atom stereocenters. The van der Waals surface area contributed by atoms with Crippen molar-refractivity contribution in [1.82, 2.24) is 10.3 Å². The van der Waals surface area contributed by atoms with Crippen molar-refractivity contribution < 1.29 is 22.7 Å². The van der Waals surface area contributed by atoms with Crippen molar-refractivity contribution in [2.45, 2.75) is 45.0 Å². The number of nitrogens with zero attached hydrogens (tertiary/aromatic N) is 2. The molecular weight excluding hydrogens is 413 g/mol. The van der Waals surface area contributed by atoms with E-state index < -0.39 is 35.4 Å². The monoisotopic (exact) mass is 436 g/mol. The number of nitrogens with one attached hydrogen (secondary N) is 2.